The fraction of sp³-hybridized carbons (Fsp3) is 0.462. The minimum absolute atomic E-state index is 0.0486. The number of amides is 1. The van der Waals surface area contributed by atoms with Gasteiger partial charge in [-0.15, -0.1) is 0 Å². The quantitative estimate of drug-likeness (QED) is 0.597. The first-order valence-corrected chi connectivity index (χ1v) is 6.77. The third-order valence-electron chi connectivity index (χ3n) is 2.79. The van der Waals surface area contributed by atoms with Crippen LogP contribution < -0.4 is 10.6 Å². The van der Waals surface area contributed by atoms with Gasteiger partial charge in [0, 0.05) is 25.2 Å². The number of hydrogen-bond acceptors (Lipinski definition) is 4. The van der Waals surface area contributed by atoms with Gasteiger partial charge in [-0.3, -0.25) is 14.9 Å². The molecule has 0 aliphatic carbocycles. The Kier molecular flexibility index (Phi) is 6.41. The van der Waals surface area contributed by atoms with Crippen LogP contribution in [0.25, 0.3) is 0 Å². The van der Waals surface area contributed by atoms with Crippen LogP contribution in [-0.2, 0) is 11.3 Å². The maximum Gasteiger partial charge on any atom is 0.270 e. The number of rotatable bonds is 7. The van der Waals surface area contributed by atoms with Gasteiger partial charge in [-0.2, -0.15) is 0 Å². The minimum Gasteiger partial charge on any atom is -0.355 e. The number of nitrogens with one attached hydrogen (secondary N) is 2. The molecule has 0 aliphatic rings. The van der Waals surface area contributed by atoms with Gasteiger partial charge >= 0.3 is 0 Å². The van der Waals surface area contributed by atoms with Gasteiger partial charge in [-0.1, -0.05) is 18.5 Å². The zero-order valence-corrected chi connectivity index (χ0v) is 12.2. The molecule has 20 heavy (non-hydrogen) atoms. The highest BCUT2D eigenvalue weighted by atomic mass is 35.5. The van der Waals surface area contributed by atoms with Crippen molar-refractivity contribution in [1.29, 1.82) is 0 Å². The van der Waals surface area contributed by atoms with Crippen LogP contribution in [0.4, 0.5) is 5.69 Å². The molecule has 7 heteroatoms. The molecule has 1 unspecified atom stereocenters. The Morgan fingerprint density at radius 1 is 1.50 bits per heavy atom. The van der Waals surface area contributed by atoms with E-state index < -0.39 is 4.92 Å². The van der Waals surface area contributed by atoms with Gasteiger partial charge in [-0.25, -0.2) is 0 Å². The molecular weight excluding hydrogens is 282 g/mol. The lowest BCUT2D eigenvalue weighted by molar-refractivity contribution is -0.384. The summed E-state index contributed by atoms with van der Waals surface area (Å²) < 4.78 is 0. The SMILES string of the molecule is CCCNC(=O)C(C)NCc1ccc([N+](=O)[O-])cc1Cl. The van der Waals surface area contributed by atoms with Crippen molar-refractivity contribution in [3.8, 4) is 0 Å². The van der Waals surface area contributed by atoms with Crippen molar-refractivity contribution in [3.63, 3.8) is 0 Å². The van der Waals surface area contributed by atoms with E-state index in [0.29, 0.717) is 23.7 Å². The summed E-state index contributed by atoms with van der Waals surface area (Å²) in [6.07, 6.45) is 0.882. The van der Waals surface area contributed by atoms with Gasteiger partial charge < -0.3 is 10.6 Å². The van der Waals surface area contributed by atoms with Gasteiger partial charge in [0.15, 0.2) is 0 Å². The molecular formula is C13H18ClN3O3. The molecule has 0 aromatic heterocycles. The Morgan fingerprint density at radius 3 is 2.75 bits per heavy atom. The smallest absolute Gasteiger partial charge is 0.270 e. The number of nitro benzene ring substituents is 1. The van der Waals surface area contributed by atoms with Crippen LogP contribution in [0.2, 0.25) is 5.02 Å². The van der Waals surface area contributed by atoms with Crippen molar-refractivity contribution >= 4 is 23.2 Å². The van der Waals surface area contributed by atoms with Crippen molar-refractivity contribution in [2.45, 2.75) is 32.9 Å². The molecule has 0 spiro atoms. The summed E-state index contributed by atoms with van der Waals surface area (Å²) in [5.74, 6) is -0.0788. The third-order valence-corrected chi connectivity index (χ3v) is 3.14. The molecule has 1 rings (SSSR count). The van der Waals surface area contributed by atoms with E-state index in [1.807, 2.05) is 6.92 Å². The normalized spacial score (nSPS) is 11.9. The molecule has 1 aromatic carbocycles. The number of benzene rings is 1. The molecule has 1 aromatic rings. The topological polar surface area (TPSA) is 84.3 Å². The van der Waals surface area contributed by atoms with Crippen molar-refractivity contribution in [3.05, 3.63) is 38.9 Å². The van der Waals surface area contributed by atoms with Crippen LogP contribution in [0.5, 0.6) is 0 Å². The average Bonchev–Trinajstić information content (AvgIpc) is 2.42. The van der Waals surface area contributed by atoms with Crippen LogP contribution in [0.1, 0.15) is 25.8 Å². The molecule has 0 saturated carbocycles. The predicted octanol–water partition coefficient (Wildman–Crippen LogP) is 2.25. The molecule has 0 bridgehead atoms. The Bertz CT molecular complexity index is 494. The number of carbonyl (C=O) groups is 1. The molecule has 0 aliphatic heterocycles. The second-order valence-corrected chi connectivity index (χ2v) is 4.83. The van der Waals surface area contributed by atoms with Crippen LogP contribution in [0.15, 0.2) is 18.2 Å². The summed E-state index contributed by atoms with van der Waals surface area (Å²) in [6, 6.07) is 3.93. The van der Waals surface area contributed by atoms with Gasteiger partial charge in [0.05, 0.1) is 16.0 Å². The monoisotopic (exact) mass is 299 g/mol. The fourth-order valence-electron chi connectivity index (χ4n) is 1.55. The molecule has 0 fully saturated rings. The highest BCUT2D eigenvalue weighted by Gasteiger charge is 2.13. The lowest BCUT2D eigenvalue weighted by Crippen LogP contribution is -2.42. The molecule has 1 atom stereocenters. The molecule has 0 saturated heterocycles. The van der Waals surface area contributed by atoms with Gasteiger partial charge in [-0.05, 0) is 25.0 Å². The van der Waals surface area contributed by atoms with E-state index in [2.05, 4.69) is 10.6 Å². The van der Waals surface area contributed by atoms with Gasteiger partial charge in [0.25, 0.3) is 5.69 Å². The van der Waals surface area contributed by atoms with E-state index in [4.69, 9.17) is 11.6 Å². The van der Waals surface area contributed by atoms with E-state index in [0.717, 1.165) is 6.42 Å². The molecule has 2 N–H and O–H groups in total. The Labute approximate surface area is 122 Å². The third kappa shape index (κ3) is 4.79. The van der Waals surface area contributed by atoms with E-state index >= 15 is 0 Å². The maximum atomic E-state index is 11.7. The standard InChI is InChI=1S/C13H18ClN3O3/c1-3-6-15-13(18)9(2)16-8-10-4-5-11(17(19)20)7-12(10)14/h4-5,7,9,16H,3,6,8H2,1-2H3,(H,15,18). The maximum absolute atomic E-state index is 11.7. The summed E-state index contributed by atoms with van der Waals surface area (Å²) >= 11 is 5.98. The van der Waals surface area contributed by atoms with Gasteiger partial charge in [0.2, 0.25) is 5.91 Å². The van der Waals surface area contributed by atoms with E-state index in [1.165, 1.54) is 12.1 Å². The largest absolute Gasteiger partial charge is 0.355 e. The number of nitrogens with zero attached hydrogens (tertiary/aromatic N) is 1. The van der Waals surface area contributed by atoms with Crippen LogP contribution >= 0.6 is 11.6 Å². The van der Waals surface area contributed by atoms with Crippen LogP contribution in [0, 0.1) is 10.1 Å². The van der Waals surface area contributed by atoms with Crippen molar-refractivity contribution in [1.82, 2.24) is 10.6 Å². The zero-order valence-electron chi connectivity index (χ0n) is 11.5. The second kappa shape index (κ2) is 7.81. The molecule has 110 valence electrons. The highest BCUT2D eigenvalue weighted by Crippen LogP contribution is 2.22. The summed E-state index contributed by atoms with van der Waals surface area (Å²) in [4.78, 5) is 21.8. The number of non-ortho nitro benzene ring substituents is 1. The summed E-state index contributed by atoms with van der Waals surface area (Å²) in [6.45, 7) is 4.75. The number of halogens is 1. The summed E-state index contributed by atoms with van der Waals surface area (Å²) in [5.41, 5.74) is 0.667. The highest BCUT2D eigenvalue weighted by molar-refractivity contribution is 6.31. The first kappa shape index (κ1) is 16.4. The molecule has 0 heterocycles. The first-order chi connectivity index (χ1) is 9.45. The van der Waals surface area contributed by atoms with E-state index in [-0.39, 0.29) is 17.6 Å². The second-order valence-electron chi connectivity index (χ2n) is 4.43. The van der Waals surface area contributed by atoms with Crippen LogP contribution in [-0.4, -0.2) is 23.4 Å². The Morgan fingerprint density at radius 2 is 2.20 bits per heavy atom. The number of carbonyl (C=O) groups excluding carboxylic acids is 1. The lowest BCUT2D eigenvalue weighted by atomic mass is 10.2. The van der Waals surface area contributed by atoms with Crippen molar-refractivity contribution < 1.29 is 9.72 Å². The van der Waals surface area contributed by atoms with Crippen molar-refractivity contribution in [2.24, 2.45) is 0 Å². The summed E-state index contributed by atoms with van der Waals surface area (Å²) in [5, 5.41) is 16.7. The number of nitro groups is 1. The lowest BCUT2D eigenvalue weighted by Gasteiger charge is -2.14. The minimum atomic E-state index is -0.496. The Balaban J connectivity index is 2.57. The zero-order chi connectivity index (χ0) is 15.1. The summed E-state index contributed by atoms with van der Waals surface area (Å²) in [7, 11) is 0. The average molecular weight is 300 g/mol. The molecule has 6 nitrogen and oxygen atoms in total. The Hall–Kier alpha value is -1.66. The predicted molar refractivity (Wildman–Crippen MR) is 77.7 cm³/mol. The van der Waals surface area contributed by atoms with Crippen molar-refractivity contribution in [2.75, 3.05) is 6.54 Å². The first-order valence-electron chi connectivity index (χ1n) is 6.39. The van der Waals surface area contributed by atoms with Gasteiger partial charge in [0.1, 0.15) is 0 Å². The van der Waals surface area contributed by atoms with E-state index in [1.54, 1.807) is 13.0 Å². The molecule has 1 amide bonds. The van der Waals surface area contributed by atoms with E-state index in [9.17, 15) is 14.9 Å². The van der Waals surface area contributed by atoms with Crippen LogP contribution in [0.3, 0.4) is 0 Å². The number of hydrogen-bond donors (Lipinski definition) is 2. The fourth-order valence-corrected chi connectivity index (χ4v) is 1.79. The molecule has 0 radical (unpaired) electrons.